The summed E-state index contributed by atoms with van der Waals surface area (Å²) in [6.45, 7) is 0.592. The minimum atomic E-state index is -4.08. The fraction of sp³-hybridized carbons (Fsp3) is 0.350. The minimum absolute atomic E-state index is 0.0546. The van der Waals surface area contributed by atoms with Gasteiger partial charge in [-0.3, -0.25) is 4.79 Å². The largest absolute Gasteiger partial charge is 0.497 e. The van der Waals surface area contributed by atoms with E-state index in [1.807, 2.05) is 24.3 Å². The molecule has 0 N–H and O–H groups in total. The first kappa shape index (κ1) is 22.5. The van der Waals surface area contributed by atoms with Crippen LogP contribution >= 0.6 is 11.8 Å². The average Bonchev–Trinajstić information content (AvgIpc) is 2.74. The van der Waals surface area contributed by atoms with E-state index in [9.17, 15) is 22.0 Å². The van der Waals surface area contributed by atoms with Crippen LogP contribution in [-0.2, 0) is 14.8 Å². The number of hydrogen-bond acceptors (Lipinski definition) is 5. The second-order valence-corrected chi connectivity index (χ2v) is 9.71. The van der Waals surface area contributed by atoms with Crippen LogP contribution in [0.3, 0.4) is 0 Å². The van der Waals surface area contributed by atoms with E-state index in [4.69, 9.17) is 4.74 Å². The third-order valence-corrected chi connectivity index (χ3v) is 7.69. The van der Waals surface area contributed by atoms with Crippen molar-refractivity contribution in [3.63, 3.8) is 0 Å². The summed E-state index contributed by atoms with van der Waals surface area (Å²) >= 11 is 1.56. The smallest absolute Gasteiger partial charge is 0.246 e. The van der Waals surface area contributed by atoms with E-state index in [1.165, 1.54) is 0 Å². The molecule has 0 bridgehead atoms. The fourth-order valence-corrected chi connectivity index (χ4v) is 5.40. The van der Waals surface area contributed by atoms with Gasteiger partial charge >= 0.3 is 0 Å². The second kappa shape index (κ2) is 9.76. The van der Waals surface area contributed by atoms with Gasteiger partial charge in [0.1, 0.15) is 22.3 Å². The van der Waals surface area contributed by atoms with Gasteiger partial charge in [-0.05, 0) is 36.4 Å². The lowest BCUT2D eigenvalue weighted by atomic mass is 10.3. The highest BCUT2D eigenvalue weighted by Crippen LogP contribution is 2.23. The maximum absolute atomic E-state index is 13.9. The van der Waals surface area contributed by atoms with Crippen LogP contribution in [-0.4, -0.2) is 62.6 Å². The summed E-state index contributed by atoms with van der Waals surface area (Å²) < 4.78 is 58.4. The van der Waals surface area contributed by atoms with Crippen molar-refractivity contribution < 1.29 is 26.7 Å². The highest BCUT2D eigenvalue weighted by atomic mass is 32.2. The third kappa shape index (κ3) is 5.30. The molecule has 1 aliphatic rings. The molecule has 0 aliphatic carbocycles. The van der Waals surface area contributed by atoms with Crippen molar-refractivity contribution in [3.8, 4) is 5.75 Å². The van der Waals surface area contributed by atoms with E-state index in [1.54, 1.807) is 23.8 Å². The molecule has 0 aromatic heterocycles. The molecule has 3 rings (SSSR count). The van der Waals surface area contributed by atoms with Crippen LogP contribution in [0.4, 0.5) is 8.78 Å². The highest BCUT2D eigenvalue weighted by Gasteiger charge is 2.31. The Morgan fingerprint density at radius 1 is 1.07 bits per heavy atom. The van der Waals surface area contributed by atoms with Gasteiger partial charge in [-0.15, -0.1) is 11.8 Å². The SMILES string of the molecule is COc1ccc(SCCC(=O)N2CCN(S(=O)(=O)c3ccc(F)cc3F)CC2)cc1. The number of methoxy groups -OCH3 is 1. The van der Waals surface area contributed by atoms with Gasteiger partial charge in [0.05, 0.1) is 7.11 Å². The number of nitrogens with zero attached hydrogens (tertiary/aromatic N) is 2. The van der Waals surface area contributed by atoms with Crippen molar-refractivity contribution in [2.45, 2.75) is 16.2 Å². The number of rotatable bonds is 7. The molecule has 10 heteroatoms. The molecule has 0 atom stereocenters. The summed E-state index contributed by atoms with van der Waals surface area (Å²) in [6, 6.07) is 9.94. The van der Waals surface area contributed by atoms with Gasteiger partial charge in [0, 0.05) is 49.3 Å². The first-order valence-electron chi connectivity index (χ1n) is 9.31. The lowest BCUT2D eigenvalue weighted by Gasteiger charge is -2.34. The monoisotopic (exact) mass is 456 g/mol. The zero-order chi connectivity index (χ0) is 21.7. The predicted octanol–water partition coefficient (Wildman–Crippen LogP) is 2.99. The van der Waals surface area contributed by atoms with Gasteiger partial charge in [0.25, 0.3) is 0 Å². The number of ether oxygens (including phenoxy) is 1. The number of hydrogen-bond donors (Lipinski definition) is 0. The van der Waals surface area contributed by atoms with Crippen LogP contribution in [0.2, 0.25) is 0 Å². The average molecular weight is 457 g/mol. The quantitative estimate of drug-likeness (QED) is 0.600. The lowest BCUT2D eigenvalue weighted by molar-refractivity contribution is -0.131. The van der Waals surface area contributed by atoms with Gasteiger partial charge < -0.3 is 9.64 Å². The molecule has 0 saturated carbocycles. The summed E-state index contributed by atoms with van der Waals surface area (Å²) in [5, 5.41) is 0. The highest BCUT2D eigenvalue weighted by molar-refractivity contribution is 7.99. The molecular formula is C20H22F2N2O4S2. The number of piperazine rings is 1. The number of amides is 1. The van der Waals surface area contributed by atoms with Crippen molar-refractivity contribution in [2.24, 2.45) is 0 Å². The summed E-state index contributed by atoms with van der Waals surface area (Å²) in [5.41, 5.74) is 0. The number of thioether (sulfide) groups is 1. The molecule has 1 saturated heterocycles. The van der Waals surface area contributed by atoms with Crippen molar-refractivity contribution in [3.05, 3.63) is 54.1 Å². The van der Waals surface area contributed by atoms with Crippen LogP contribution in [0.15, 0.2) is 52.3 Å². The van der Waals surface area contributed by atoms with Crippen molar-refractivity contribution >= 4 is 27.7 Å². The Morgan fingerprint density at radius 3 is 2.33 bits per heavy atom. The predicted molar refractivity (Wildman–Crippen MR) is 110 cm³/mol. The topological polar surface area (TPSA) is 66.9 Å². The fourth-order valence-electron chi connectivity index (χ4n) is 3.09. The lowest BCUT2D eigenvalue weighted by Crippen LogP contribution is -2.50. The summed E-state index contributed by atoms with van der Waals surface area (Å²) in [4.78, 5) is 14.5. The Balaban J connectivity index is 1.50. The number of halogens is 2. The minimum Gasteiger partial charge on any atom is -0.497 e. The van der Waals surface area contributed by atoms with E-state index in [-0.39, 0.29) is 32.1 Å². The van der Waals surface area contributed by atoms with E-state index in [0.29, 0.717) is 18.2 Å². The third-order valence-electron chi connectivity index (χ3n) is 4.75. The Hall–Kier alpha value is -2.17. The van der Waals surface area contributed by atoms with E-state index >= 15 is 0 Å². The molecular weight excluding hydrogens is 434 g/mol. The van der Waals surface area contributed by atoms with Crippen molar-refractivity contribution in [1.29, 1.82) is 0 Å². The molecule has 0 spiro atoms. The molecule has 30 heavy (non-hydrogen) atoms. The summed E-state index contributed by atoms with van der Waals surface area (Å²) in [5.74, 6) is -0.645. The molecule has 1 heterocycles. The molecule has 1 fully saturated rings. The molecule has 1 amide bonds. The van der Waals surface area contributed by atoms with Crippen LogP contribution in [0.25, 0.3) is 0 Å². The standard InChI is InChI=1S/C20H22F2N2O4S2/c1-28-16-3-5-17(6-4-16)29-13-8-20(25)23-9-11-24(12-10-23)30(26,27)19-7-2-15(21)14-18(19)22/h2-7,14H,8-13H2,1H3. The van der Waals surface area contributed by atoms with E-state index < -0.39 is 26.6 Å². The van der Waals surface area contributed by atoms with Gasteiger partial charge in [0.15, 0.2) is 0 Å². The van der Waals surface area contributed by atoms with Crippen LogP contribution < -0.4 is 4.74 Å². The van der Waals surface area contributed by atoms with Gasteiger partial charge in [0.2, 0.25) is 15.9 Å². The number of carbonyl (C=O) groups excluding carboxylic acids is 1. The number of carbonyl (C=O) groups is 1. The second-order valence-electron chi connectivity index (χ2n) is 6.63. The number of sulfonamides is 1. The van der Waals surface area contributed by atoms with Crippen LogP contribution in [0.1, 0.15) is 6.42 Å². The zero-order valence-corrected chi connectivity index (χ0v) is 18.0. The maximum atomic E-state index is 13.9. The zero-order valence-electron chi connectivity index (χ0n) is 16.4. The molecule has 6 nitrogen and oxygen atoms in total. The van der Waals surface area contributed by atoms with Crippen molar-refractivity contribution in [2.75, 3.05) is 39.0 Å². The molecule has 1 aliphatic heterocycles. The van der Waals surface area contributed by atoms with Gasteiger partial charge in [-0.2, -0.15) is 4.31 Å². The molecule has 0 radical (unpaired) electrons. The molecule has 2 aromatic carbocycles. The van der Waals surface area contributed by atoms with Crippen LogP contribution in [0.5, 0.6) is 5.75 Å². The summed E-state index contributed by atoms with van der Waals surface area (Å²) in [6.07, 6.45) is 0.329. The first-order chi connectivity index (χ1) is 14.3. The Morgan fingerprint density at radius 2 is 1.73 bits per heavy atom. The first-order valence-corrected chi connectivity index (χ1v) is 11.7. The molecule has 0 unspecified atom stereocenters. The number of benzene rings is 2. The Kier molecular flexibility index (Phi) is 7.32. The van der Waals surface area contributed by atoms with Gasteiger partial charge in [-0.1, -0.05) is 0 Å². The van der Waals surface area contributed by atoms with Crippen LogP contribution in [0, 0.1) is 11.6 Å². The summed E-state index contributed by atoms with van der Waals surface area (Å²) in [7, 11) is -2.48. The van der Waals surface area contributed by atoms with E-state index in [2.05, 4.69) is 0 Å². The molecule has 162 valence electrons. The normalized spacial score (nSPS) is 15.2. The Bertz CT molecular complexity index is 992. The maximum Gasteiger partial charge on any atom is 0.246 e. The van der Waals surface area contributed by atoms with E-state index in [0.717, 1.165) is 27.1 Å². The molecule has 2 aromatic rings. The van der Waals surface area contributed by atoms with Crippen molar-refractivity contribution in [1.82, 2.24) is 9.21 Å². The Labute approximate surface area is 178 Å². The van der Waals surface area contributed by atoms with Gasteiger partial charge in [-0.25, -0.2) is 17.2 Å².